The van der Waals surface area contributed by atoms with Crippen LogP contribution in [0.5, 0.6) is 5.75 Å². The predicted molar refractivity (Wildman–Crippen MR) is 87.2 cm³/mol. The Labute approximate surface area is 141 Å². The van der Waals surface area contributed by atoms with Gasteiger partial charge in [0.2, 0.25) is 5.91 Å². The number of rotatable bonds is 4. The topological polar surface area (TPSA) is 51.2 Å². The van der Waals surface area contributed by atoms with E-state index in [1.165, 1.54) is 12.1 Å². The molecule has 0 saturated heterocycles. The Hall–Kier alpha value is -3.09. The first-order valence-corrected chi connectivity index (χ1v) is 7.39. The second kappa shape index (κ2) is 6.80. The van der Waals surface area contributed by atoms with Crippen molar-refractivity contribution in [3.05, 3.63) is 66.4 Å². The average Bonchev–Trinajstić information content (AvgIpc) is 2.56. The van der Waals surface area contributed by atoms with E-state index in [0.717, 1.165) is 28.6 Å². The summed E-state index contributed by atoms with van der Waals surface area (Å²) in [7, 11) is 0. The maximum atomic E-state index is 12.2. The number of fused-ring (bicyclic) bond motifs is 1. The van der Waals surface area contributed by atoms with Gasteiger partial charge in [-0.15, -0.1) is 13.2 Å². The fourth-order valence-corrected chi connectivity index (χ4v) is 2.43. The minimum absolute atomic E-state index is 0.106. The molecule has 0 bridgehead atoms. The lowest BCUT2D eigenvalue weighted by Gasteiger charge is -2.10. The lowest BCUT2D eigenvalue weighted by molar-refractivity contribution is -0.274. The van der Waals surface area contributed by atoms with Gasteiger partial charge in [0, 0.05) is 17.3 Å². The Morgan fingerprint density at radius 1 is 1.04 bits per heavy atom. The van der Waals surface area contributed by atoms with Gasteiger partial charge in [-0.25, -0.2) is 0 Å². The van der Waals surface area contributed by atoms with Crippen LogP contribution in [0.4, 0.5) is 18.9 Å². The van der Waals surface area contributed by atoms with Crippen LogP contribution in [-0.4, -0.2) is 17.3 Å². The Morgan fingerprint density at radius 2 is 1.76 bits per heavy atom. The number of carbonyl (C=O) groups is 1. The fraction of sp³-hybridized carbons (Fsp3) is 0.111. The van der Waals surface area contributed by atoms with Crippen LogP contribution < -0.4 is 10.1 Å². The molecule has 0 aliphatic heterocycles. The van der Waals surface area contributed by atoms with Crippen LogP contribution in [0.15, 0.2) is 60.8 Å². The molecule has 0 aliphatic carbocycles. The van der Waals surface area contributed by atoms with Crippen LogP contribution >= 0.6 is 0 Å². The summed E-state index contributed by atoms with van der Waals surface area (Å²) in [5.74, 6) is -0.633. The molecular formula is C18H13F3N2O2. The van der Waals surface area contributed by atoms with Gasteiger partial charge < -0.3 is 10.1 Å². The van der Waals surface area contributed by atoms with Crippen LogP contribution in [0.3, 0.4) is 0 Å². The molecule has 1 aromatic heterocycles. The number of nitrogens with zero attached hydrogens (tertiary/aromatic N) is 1. The number of benzene rings is 2. The van der Waals surface area contributed by atoms with Gasteiger partial charge in [-0.2, -0.15) is 0 Å². The number of anilines is 1. The SMILES string of the molecule is O=C(Cc1cccc2cccnc12)Nc1ccc(OC(F)(F)F)cc1. The highest BCUT2D eigenvalue weighted by Crippen LogP contribution is 2.24. The molecule has 7 heteroatoms. The summed E-state index contributed by atoms with van der Waals surface area (Å²) in [6.07, 6.45) is -2.98. The zero-order valence-corrected chi connectivity index (χ0v) is 12.9. The van der Waals surface area contributed by atoms with E-state index in [2.05, 4.69) is 15.0 Å². The van der Waals surface area contributed by atoms with Crippen LogP contribution in [-0.2, 0) is 11.2 Å². The van der Waals surface area contributed by atoms with Crippen molar-refractivity contribution in [1.29, 1.82) is 0 Å². The zero-order chi connectivity index (χ0) is 17.9. The van der Waals surface area contributed by atoms with Gasteiger partial charge in [-0.05, 0) is 35.9 Å². The number of pyridine rings is 1. The molecule has 0 spiro atoms. The number of hydrogen-bond acceptors (Lipinski definition) is 3. The quantitative estimate of drug-likeness (QED) is 0.766. The van der Waals surface area contributed by atoms with Crippen molar-refractivity contribution < 1.29 is 22.7 Å². The number of para-hydroxylation sites is 1. The Kier molecular flexibility index (Phi) is 4.56. The molecule has 0 atom stereocenters. The third kappa shape index (κ3) is 4.47. The van der Waals surface area contributed by atoms with E-state index in [1.807, 2.05) is 30.3 Å². The van der Waals surface area contributed by atoms with E-state index in [4.69, 9.17) is 0 Å². The van der Waals surface area contributed by atoms with E-state index < -0.39 is 6.36 Å². The van der Waals surface area contributed by atoms with Crippen molar-refractivity contribution >= 4 is 22.5 Å². The van der Waals surface area contributed by atoms with Gasteiger partial charge in [-0.3, -0.25) is 9.78 Å². The predicted octanol–water partition coefficient (Wildman–Crippen LogP) is 4.31. The Morgan fingerprint density at radius 3 is 2.48 bits per heavy atom. The first-order chi connectivity index (χ1) is 11.9. The van der Waals surface area contributed by atoms with Crippen LogP contribution in [0, 0.1) is 0 Å². The van der Waals surface area contributed by atoms with E-state index in [1.54, 1.807) is 6.20 Å². The monoisotopic (exact) mass is 346 g/mol. The van der Waals surface area contributed by atoms with Crippen LogP contribution in [0.25, 0.3) is 10.9 Å². The summed E-state index contributed by atoms with van der Waals surface area (Å²) in [5, 5.41) is 3.57. The van der Waals surface area contributed by atoms with Crippen LogP contribution in [0.2, 0.25) is 0 Å². The molecule has 3 rings (SSSR count). The van der Waals surface area contributed by atoms with Crippen molar-refractivity contribution in [2.24, 2.45) is 0 Å². The third-order valence-electron chi connectivity index (χ3n) is 3.44. The molecule has 128 valence electrons. The average molecular weight is 346 g/mol. The summed E-state index contributed by atoms with van der Waals surface area (Å²) in [5.41, 5.74) is 1.90. The zero-order valence-electron chi connectivity index (χ0n) is 12.9. The summed E-state index contributed by atoms with van der Waals surface area (Å²) in [6, 6.07) is 14.3. The molecule has 25 heavy (non-hydrogen) atoms. The van der Waals surface area contributed by atoms with E-state index in [9.17, 15) is 18.0 Å². The smallest absolute Gasteiger partial charge is 0.406 e. The highest BCUT2D eigenvalue weighted by molar-refractivity contribution is 5.95. The first-order valence-electron chi connectivity index (χ1n) is 7.39. The van der Waals surface area contributed by atoms with Gasteiger partial charge in [0.05, 0.1) is 11.9 Å². The molecule has 4 nitrogen and oxygen atoms in total. The number of halogens is 3. The Bertz CT molecular complexity index is 887. The van der Waals surface area contributed by atoms with Gasteiger partial charge in [0.15, 0.2) is 0 Å². The molecule has 1 heterocycles. The van der Waals surface area contributed by atoms with Crippen molar-refractivity contribution in [2.75, 3.05) is 5.32 Å². The second-order valence-electron chi connectivity index (χ2n) is 5.29. The lowest BCUT2D eigenvalue weighted by atomic mass is 10.1. The van der Waals surface area contributed by atoms with E-state index in [0.29, 0.717) is 5.69 Å². The molecule has 0 radical (unpaired) electrons. The summed E-state index contributed by atoms with van der Waals surface area (Å²) >= 11 is 0. The molecule has 1 N–H and O–H groups in total. The highest BCUT2D eigenvalue weighted by Gasteiger charge is 2.30. The van der Waals surface area contributed by atoms with Crippen molar-refractivity contribution in [2.45, 2.75) is 12.8 Å². The van der Waals surface area contributed by atoms with Gasteiger partial charge >= 0.3 is 6.36 Å². The molecule has 2 aromatic carbocycles. The van der Waals surface area contributed by atoms with Gasteiger partial charge in [-0.1, -0.05) is 24.3 Å². The molecule has 0 unspecified atom stereocenters. The van der Waals surface area contributed by atoms with E-state index in [-0.39, 0.29) is 18.1 Å². The molecule has 3 aromatic rings. The number of nitrogens with one attached hydrogen (secondary N) is 1. The number of aromatic nitrogens is 1. The second-order valence-corrected chi connectivity index (χ2v) is 5.29. The van der Waals surface area contributed by atoms with Crippen molar-refractivity contribution in [3.8, 4) is 5.75 Å². The number of ether oxygens (including phenoxy) is 1. The Balaban J connectivity index is 1.68. The molecule has 1 amide bonds. The normalized spacial score (nSPS) is 11.3. The minimum atomic E-state index is -4.74. The lowest BCUT2D eigenvalue weighted by Crippen LogP contribution is -2.17. The summed E-state index contributed by atoms with van der Waals surface area (Å²) in [4.78, 5) is 16.5. The first kappa shape index (κ1) is 16.8. The van der Waals surface area contributed by atoms with Crippen molar-refractivity contribution in [1.82, 2.24) is 4.98 Å². The number of carbonyl (C=O) groups excluding carboxylic acids is 1. The molecule has 0 fully saturated rings. The largest absolute Gasteiger partial charge is 0.573 e. The van der Waals surface area contributed by atoms with Gasteiger partial charge in [0.1, 0.15) is 5.75 Å². The van der Waals surface area contributed by atoms with Crippen LogP contribution in [0.1, 0.15) is 5.56 Å². The molecule has 0 aliphatic rings. The van der Waals surface area contributed by atoms with Crippen molar-refractivity contribution in [3.63, 3.8) is 0 Å². The van der Waals surface area contributed by atoms with E-state index >= 15 is 0 Å². The standard InChI is InChI=1S/C18H13F3N2O2/c19-18(20,21)25-15-8-6-14(7-9-15)23-16(24)11-13-4-1-3-12-5-2-10-22-17(12)13/h1-10H,11H2,(H,23,24). The minimum Gasteiger partial charge on any atom is -0.406 e. The maximum absolute atomic E-state index is 12.2. The summed E-state index contributed by atoms with van der Waals surface area (Å²) in [6.45, 7) is 0. The highest BCUT2D eigenvalue weighted by atomic mass is 19.4. The molecule has 0 saturated carbocycles. The van der Waals surface area contributed by atoms with Gasteiger partial charge in [0.25, 0.3) is 0 Å². The third-order valence-corrected chi connectivity index (χ3v) is 3.44. The maximum Gasteiger partial charge on any atom is 0.573 e. The number of alkyl halides is 3. The fourth-order valence-electron chi connectivity index (χ4n) is 2.43. The molecular weight excluding hydrogens is 333 g/mol. The summed E-state index contributed by atoms with van der Waals surface area (Å²) < 4.78 is 40.2. The number of hydrogen-bond donors (Lipinski definition) is 1. The number of amides is 1.